The van der Waals surface area contributed by atoms with Gasteiger partial charge in [-0.2, -0.15) is 4.31 Å². The maximum Gasteiger partial charge on any atom is 0.336 e. The molecule has 1 aliphatic rings. The van der Waals surface area contributed by atoms with Crippen molar-refractivity contribution in [2.75, 3.05) is 13.1 Å². The van der Waals surface area contributed by atoms with E-state index in [0.29, 0.717) is 29.7 Å². The Balaban J connectivity index is 1.78. The van der Waals surface area contributed by atoms with Gasteiger partial charge in [0, 0.05) is 24.0 Å². The molecule has 2 aromatic carbocycles. The maximum absolute atomic E-state index is 13.2. The molecule has 174 valence electrons. The molecule has 33 heavy (non-hydrogen) atoms. The van der Waals surface area contributed by atoms with Gasteiger partial charge in [-0.15, -0.1) is 0 Å². The molecule has 0 spiro atoms. The van der Waals surface area contributed by atoms with Crippen LogP contribution in [0.5, 0.6) is 0 Å². The minimum absolute atomic E-state index is 0.0107. The third kappa shape index (κ3) is 4.80. The quantitative estimate of drug-likeness (QED) is 0.551. The Kier molecular flexibility index (Phi) is 6.29. The molecule has 2 heterocycles. The molecule has 4 rings (SSSR count). The number of carboxylic acids is 1. The van der Waals surface area contributed by atoms with Gasteiger partial charge in [0.15, 0.2) is 0 Å². The summed E-state index contributed by atoms with van der Waals surface area (Å²) in [6.45, 7) is 7.39. The minimum Gasteiger partial charge on any atom is -0.478 e. The zero-order valence-corrected chi connectivity index (χ0v) is 20.2. The van der Waals surface area contributed by atoms with Gasteiger partial charge >= 0.3 is 5.97 Å². The number of carboxylic acid groups (broad SMARTS) is 1. The van der Waals surface area contributed by atoms with Gasteiger partial charge in [0.2, 0.25) is 10.0 Å². The number of fused-ring (bicyclic) bond motifs is 1. The second-order valence-corrected chi connectivity index (χ2v) is 11.6. The summed E-state index contributed by atoms with van der Waals surface area (Å²) >= 11 is 0. The number of nitrogens with zero attached hydrogens (tertiary/aromatic N) is 2. The first kappa shape index (κ1) is 23.4. The lowest BCUT2D eigenvalue weighted by Gasteiger charge is -2.20. The highest BCUT2D eigenvalue weighted by Gasteiger charge is 2.26. The van der Waals surface area contributed by atoms with Crippen LogP contribution in [-0.2, 0) is 15.4 Å². The van der Waals surface area contributed by atoms with Crippen LogP contribution in [0.3, 0.4) is 0 Å². The molecule has 6 nitrogen and oxygen atoms in total. The van der Waals surface area contributed by atoms with Crippen molar-refractivity contribution in [1.82, 2.24) is 9.29 Å². The topological polar surface area (TPSA) is 87.6 Å². The van der Waals surface area contributed by atoms with Crippen molar-refractivity contribution >= 4 is 26.9 Å². The molecule has 0 unspecified atom stereocenters. The summed E-state index contributed by atoms with van der Waals surface area (Å²) in [5.41, 5.74) is 3.05. The van der Waals surface area contributed by atoms with Crippen molar-refractivity contribution in [2.24, 2.45) is 0 Å². The van der Waals surface area contributed by atoms with E-state index < -0.39 is 16.0 Å². The largest absolute Gasteiger partial charge is 0.478 e. The molecule has 1 saturated heterocycles. The second-order valence-electron chi connectivity index (χ2n) is 9.68. The van der Waals surface area contributed by atoms with Crippen molar-refractivity contribution in [2.45, 2.75) is 56.8 Å². The number of benzene rings is 2. The van der Waals surface area contributed by atoms with Crippen LogP contribution < -0.4 is 0 Å². The van der Waals surface area contributed by atoms with E-state index in [-0.39, 0.29) is 15.9 Å². The van der Waals surface area contributed by atoms with Crippen molar-refractivity contribution in [1.29, 1.82) is 0 Å². The molecule has 1 aromatic heterocycles. The number of sulfonamides is 1. The Labute approximate surface area is 195 Å². The molecular formula is C26H30N2O4S. The van der Waals surface area contributed by atoms with E-state index in [2.05, 4.69) is 25.8 Å². The van der Waals surface area contributed by atoms with Crippen LogP contribution in [0.1, 0.15) is 62.4 Å². The summed E-state index contributed by atoms with van der Waals surface area (Å²) < 4.78 is 28.0. The number of hydrogen-bond donors (Lipinski definition) is 1. The summed E-state index contributed by atoms with van der Waals surface area (Å²) in [7, 11) is -3.69. The lowest BCUT2D eigenvalue weighted by molar-refractivity contribution is 0.0699. The van der Waals surface area contributed by atoms with Gasteiger partial charge in [-0.3, -0.25) is 0 Å². The first-order chi connectivity index (χ1) is 15.6. The van der Waals surface area contributed by atoms with Crippen LogP contribution in [0, 0.1) is 0 Å². The fourth-order valence-electron chi connectivity index (χ4n) is 4.26. The number of pyridine rings is 1. The number of rotatable bonds is 4. The Morgan fingerprint density at radius 3 is 2.15 bits per heavy atom. The van der Waals surface area contributed by atoms with Crippen LogP contribution >= 0.6 is 0 Å². The standard InChI is InChI=1S/C26H30N2O4S/c1-26(2,3)19-10-8-18(9-11-19)24-17-22(25(29)30)21-16-20(12-13-23(21)27-24)33(31,32)28-14-6-4-5-7-15-28/h8-13,16-17H,4-7,14-15H2,1-3H3,(H,29,30). The lowest BCUT2D eigenvalue weighted by Crippen LogP contribution is -2.31. The smallest absolute Gasteiger partial charge is 0.336 e. The molecule has 0 bridgehead atoms. The first-order valence-corrected chi connectivity index (χ1v) is 12.8. The van der Waals surface area contributed by atoms with E-state index in [1.807, 2.05) is 24.3 Å². The Morgan fingerprint density at radius 1 is 0.939 bits per heavy atom. The molecule has 0 atom stereocenters. The van der Waals surface area contributed by atoms with E-state index in [4.69, 9.17) is 0 Å². The molecule has 1 fully saturated rings. The number of aromatic carboxylic acids is 1. The van der Waals surface area contributed by atoms with Gasteiger partial charge < -0.3 is 5.11 Å². The monoisotopic (exact) mass is 466 g/mol. The van der Waals surface area contributed by atoms with E-state index in [1.165, 1.54) is 28.1 Å². The number of aromatic nitrogens is 1. The van der Waals surface area contributed by atoms with Crippen LogP contribution in [0.4, 0.5) is 0 Å². The summed E-state index contributed by atoms with van der Waals surface area (Å²) in [6.07, 6.45) is 3.73. The molecule has 3 aromatic rings. The highest BCUT2D eigenvalue weighted by atomic mass is 32.2. The normalized spacial score (nSPS) is 16.0. The molecule has 0 radical (unpaired) electrons. The first-order valence-electron chi connectivity index (χ1n) is 11.4. The highest BCUT2D eigenvalue weighted by Crippen LogP contribution is 2.30. The lowest BCUT2D eigenvalue weighted by atomic mass is 9.86. The number of carbonyl (C=O) groups is 1. The van der Waals surface area contributed by atoms with Crippen LogP contribution in [0.2, 0.25) is 0 Å². The Hall–Kier alpha value is -2.77. The highest BCUT2D eigenvalue weighted by molar-refractivity contribution is 7.89. The average molecular weight is 467 g/mol. The summed E-state index contributed by atoms with van der Waals surface area (Å²) in [5, 5.41) is 10.2. The Morgan fingerprint density at radius 2 is 1.58 bits per heavy atom. The fourth-order valence-corrected chi connectivity index (χ4v) is 5.81. The van der Waals surface area contributed by atoms with Crippen LogP contribution in [0.25, 0.3) is 22.2 Å². The van der Waals surface area contributed by atoms with Crippen molar-refractivity contribution in [3.63, 3.8) is 0 Å². The molecule has 0 amide bonds. The zero-order valence-electron chi connectivity index (χ0n) is 19.3. The van der Waals surface area contributed by atoms with Gasteiger partial charge in [0.1, 0.15) is 0 Å². The van der Waals surface area contributed by atoms with E-state index in [0.717, 1.165) is 31.2 Å². The van der Waals surface area contributed by atoms with Crippen LogP contribution in [0.15, 0.2) is 53.4 Å². The summed E-state index contributed by atoms with van der Waals surface area (Å²) in [5.74, 6) is -1.11. The predicted octanol–water partition coefficient (Wildman–Crippen LogP) is 5.46. The van der Waals surface area contributed by atoms with Gasteiger partial charge in [0.25, 0.3) is 0 Å². The van der Waals surface area contributed by atoms with Gasteiger partial charge in [-0.05, 0) is 48.1 Å². The van der Waals surface area contributed by atoms with Gasteiger partial charge in [0.05, 0.1) is 21.7 Å². The van der Waals surface area contributed by atoms with Crippen molar-refractivity contribution in [3.8, 4) is 11.3 Å². The zero-order chi connectivity index (χ0) is 23.8. The van der Waals surface area contributed by atoms with Gasteiger partial charge in [-0.25, -0.2) is 18.2 Å². The molecule has 1 aliphatic heterocycles. The third-order valence-corrected chi connectivity index (χ3v) is 8.15. The van der Waals surface area contributed by atoms with Gasteiger partial charge in [-0.1, -0.05) is 57.9 Å². The van der Waals surface area contributed by atoms with E-state index in [1.54, 1.807) is 6.07 Å². The van der Waals surface area contributed by atoms with E-state index in [9.17, 15) is 18.3 Å². The fraction of sp³-hybridized carbons (Fsp3) is 0.385. The molecule has 7 heteroatoms. The third-order valence-electron chi connectivity index (χ3n) is 6.26. The summed E-state index contributed by atoms with van der Waals surface area (Å²) in [6, 6.07) is 14.1. The summed E-state index contributed by atoms with van der Waals surface area (Å²) in [4.78, 5) is 16.9. The number of hydrogen-bond acceptors (Lipinski definition) is 4. The van der Waals surface area contributed by atoms with Crippen molar-refractivity contribution < 1.29 is 18.3 Å². The van der Waals surface area contributed by atoms with E-state index >= 15 is 0 Å². The van der Waals surface area contributed by atoms with Crippen molar-refractivity contribution in [3.05, 3.63) is 59.7 Å². The van der Waals surface area contributed by atoms with Crippen LogP contribution in [-0.4, -0.2) is 41.9 Å². The average Bonchev–Trinajstić information content (AvgIpc) is 3.07. The molecule has 1 N–H and O–H groups in total. The molecule has 0 saturated carbocycles. The predicted molar refractivity (Wildman–Crippen MR) is 130 cm³/mol. The SMILES string of the molecule is CC(C)(C)c1ccc(-c2cc(C(=O)O)c3cc(S(=O)(=O)N4CCCCCC4)ccc3n2)cc1. The Bertz CT molecular complexity index is 1280. The minimum atomic E-state index is -3.69. The maximum atomic E-state index is 13.2. The second kappa shape index (κ2) is 8.88. The molecular weight excluding hydrogens is 436 g/mol. The molecule has 0 aliphatic carbocycles.